The standard InChI is InChI=1S/C23H25FN2O6S/c1-3-11-31-19-8-5-7-18(30-4-2)22(19)33(28,29)25-23(27)21-14-16-17(24)12-15(13-20(16)32-21)26-9-6-10-26/h5,7-8,12-14H,3-4,6,9-11H2,1-2H3,(H,25,27). The lowest BCUT2D eigenvalue weighted by molar-refractivity contribution is 0.0956. The number of fused-ring (bicyclic) bond motifs is 1. The Kier molecular flexibility index (Phi) is 6.46. The van der Waals surface area contributed by atoms with Crippen LogP contribution in [-0.2, 0) is 10.0 Å². The van der Waals surface area contributed by atoms with Crippen LogP contribution in [0.5, 0.6) is 11.5 Å². The lowest BCUT2D eigenvalue weighted by Gasteiger charge is -2.33. The van der Waals surface area contributed by atoms with Crippen molar-refractivity contribution in [2.24, 2.45) is 0 Å². The Labute approximate surface area is 191 Å². The molecular formula is C23H25FN2O6S. The predicted molar refractivity (Wildman–Crippen MR) is 121 cm³/mol. The van der Waals surface area contributed by atoms with Gasteiger partial charge in [-0.3, -0.25) is 4.79 Å². The molecule has 1 N–H and O–H groups in total. The number of carbonyl (C=O) groups excluding carboxylic acids is 1. The van der Waals surface area contributed by atoms with Crippen molar-refractivity contribution in [3.8, 4) is 11.5 Å². The first-order chi connectivity index (χ1) is 15.8. The number of furan rings is 1. The molecular weight excluding hydrogens is 451 g/mol. The van der Waals surface area contributed by atoms with Gasteiger partial charge in [0.2, 0.25) is 0 Å². The minimum atomic E-state index is -4.40. The summed E-state index contributed by atoms with van der Waals surface area (Å²) in [5.74, 6) is -1.77. The molecule has 2 heterocycles. The van der Waals surface area contributed by atoms with Crippen LogP contribution >= 0.6 is 0 Å². The normalized spacial score (nSPS) is 13.6. The number of halogens is 1. The molecule has 0 radical (unpaired) electrons. The fraction of sp³-hybridized carbons (Fsp3) is 0.348. The number of amides is 1. The number of carbonyl (C=O) groups is 1. The Morgan fingerprint density at radius 2 is 1.88 bits per heavy atom. The number of nitrogens with zero attached hydrogens (tertiary/aromatic N) is 1. The SMILES string of the molecule is CCCOc1cccc(OCC)c1S(=O)(=O)NC(=O)c1cc2c(F)cc(N3CCC3)cc2o1. The van der Waals surface area contributed by atoms with Gasteiger partial charge >= 0.3 is 5.91 Å². The third-order valence-electron chi connectivity index (χ3n) is 5.22. The minimum Gasteiger partial charge on any atom is -0.492 e. The van der Waals surface area contributed by atoms with Crippen LogP contribution in [0, 0.1) is 5.82 Å². The van der Waals surface area contributed by atoms with Crippen LogP contribution in [-0.4, -0.2) is 40.6 Å². The van der Waals surface area contributed by atoms with Gasteiger partial charge < -0.3 is 18.8 Å². The molecule has 1 aliphatic rings. The smallest absolute Gasteiger partial charge is 0.300 e. The van der Waals surface area contributed by atoms with Gasteiger partial charge in [-0.1, -0.05) is 13.0 Å². The third-order valence-corrected chi connectivity index (χ3v) is 6.61. The second-order valence-electron chi connectivity index (χ2n) is 7.59. The number of nitrogens with one attached hydrogen (secondary N) is 1. The third kappa shape index (κ3) is 4.61. The van der Waals surface area contributed by atoms with Crippen LogP contribution in [0.15, 0.2) is 45.7 Å². The lowest BCUT2D eigenvalue weighted by atomic mass is 10.1. The Morgan fingerprint density at radius 3 is 2.52 bits per heavy atom. The van der Waals surface area contributed by atoms with E-state index >= 15 is 0 Å². The maximum Gasteiger partial charge on any atom is 0.300 e. The minimum absolute atomic E-state index is 0.0567. The molecule has 0 spiro atoms. The first-order valence-corrected chi connectivity index (χ1v) is 12.3. The summed E-state index contributed by atoms with van der Waals surface area (Å²) in [4.78, 5) is 14.5. The molecule has 33 heavy (non-hydrogen) atoms. The molecule has 1 amide bonds. The van der Waals surface area contributed by atoms with E-state index in [0.717, 1.165) is 19.5 Å². The van der Waals surface area contributed by atoms with E-state index in [1.54, 1.807) is 19.1 Å². The van der Waals surface area contributed by atoms with Crippen LogP contribution in [0.4, 0.5) is 10.1 Å². The van der Waals surface area contributed by atoms with Crippen molar-refractivity contribution in [3.63, 3.8) is 0 Å². The van der Waals surface area contributed by atoms with Gasteiger partial charge in [-0.05, 0) is 38.0 Å². The zero-order chi connectivity index (χ0) is 23.6. The van der Waals surface area contributed by atoms with Gasteiger partial charge in [0, 0.05) is 30.9 Å². The van der Waals surface area contributed by atoms with Gasteiger partial charge in [0.1, 0.15) is 22.9 Å². The van der Waals surface area contributed by atoms with Crippen LogP contribution in [0.25, 0.3) is 11.0 Å². The average Bonchev–Trinajstić information content (AvgIpc) is 3.16. The molecule has 10 heteroatoms. The van der Waals surface area contributed by atoms with Gasteiger partial charge in [-0.25, -0.2) is 17.5 Å². The molecule has 0 unspecified atom stereocenters. The van der Waals surface area contributed by atoms with E-state index in [4.69, 9.17) is 13.9 Å². The largest absolute Gasteiger partial charge is 0.492 e. The summed E-state index contributed by atoms with van der Waals surface area (Å²) in [7, 11) is -4.40. The quantitative estimate of drug-likeness (QED) is 0.497. The highest BCUT2D eigenvalue weighted by Crippen LogP contribution is 2.34. The summed E-state index contributed by atoms with van der Waals surface area (Å²) < 4.78 is 59.4. The van der Waals surface area contributed by atoms with Crippen molar-refractivity contribution in [3.05, 3.63) is 48.0 Å². The second-order valence-corrected chi connectivity index (χ2v) is 9.21. The molecule has 1 fully saturated rings. The van der Waals surface area contributed by atoms with Crippen LogP contribution in [0.3, 0.4) is 0 Å². The van der Waals surface area contributed by atoms with E-state index in [1.165, 1.54) is 24.3 Å². The number of ether oxygens (including phenoxy) is 2. The maximum absolute atomic E-state index is 14.6. The van der Waals surface area contributed by atoms with Gasteiger partial charge in [0.15, 0.2) is 10.7 Å². The topological polar surface area (TPSA) is 98.1 Å². The highest BCUT2D eigenvalue weighted by molar-refractivity contribution is 7.90. The van der Waals surface area contributed by atoms with Crippen LogP contribution in [0.1, 0.15) is 37.2 Å². The van der Waals surface area contributed by atoms with E-state index in [0.29, 0.717) is 12.1 Å². The Balaban J connectivity index is 1.65. The zero-order valence-corrected chi connectivity index (χ0v) is 19.2. The van der Waals surface area contributed by atoms with Crippen molar-refractivity contribution < 1.29 is 31.5 Å². The van der Waals surface area contributed by atoms with Crippen molar-refractivity contribution in [2.75, 3.05) is 31.2 Å². The van der Waals surface area contributed by atoms with Gasteiger partial charge in [-0.2, -0.15) is 0 Å². The molecule has 8 nitrogen and oxygen atoms in total. The highest BCUT2D eigenvalue weighted by atomic mass is 32.2. The van der Waals surface area contributed by atoms with Crippen molar-refractivity contribution in [2.45, 2.75) is 31.6 Å². The number of anilines is 1. The Hall–Kier alpha value is -3.27. The van der Waals surface area contributed by atoms with Crippen molar-refractivity contribution >= 4 is 32.6 Å². The summed E-state index contributed by atoms with van der Waals surface area (Å²) in [5.41, 5.74) is 0.824. The van der Waals surface area contributed by atoms with E-state index in [-0.39, 0.29) is 46.3 Å². The fourth-order valence-corrected chi connectivity index (χ4v) is 4.76. The Bertz CT molecular complexity index is 1280. The Morgan fingerprint density at radius 1 is 1.15 bits per heavy atom. The molecule has 3 aromatic rings. The van der Waals surface area contributed by atoms with Crippen LogP contribution in [0.2, 0.25) is 0 Å². The summed E-state index contributed by atoms with van der Waals surface area (Å²) in [6, 6.07) is 8.79. The van der Waals surface area contributed by atoms with Gasteiger partial charge in [0.05, 0.1) is 18.6 Å². The summed E-state index contributed by atoms with van der Waals surface area (Å²) in [5, 5.41) is 0.100. The number of sulfonamides is 1. The molecule has 2 aromatic carbocycles. The number of benzene rings is 2. The average molecular weight is 477 g/mol. The fourth-order valence-electron chi connectivity index (χ4n) is 3.53. The van der Waals surface area contributed by atoms with Gasteiger partial charge in [-0.15, -0.1) is 0 Å². The maximum atomic E-state index is 14.6. The van der Waals surface area contributed by atoms with E-state index < -0.39 is 21.7 Å². The molecule has 0 atom stereocenters. The number of hydrogen-bond acceptors (Lipinski definition) is 7. The highest BCUT2D eigenvalue weighted by Gasteiger charge is 2.29. The number of hydrogen-bond donors (Lipinski definition) is 1. The zero-order valence-electron chi connectivity index (χ0n) is 18.4. The lowest BCUT2D eigenvalue weighted by Crippen LogP contribution is -2.36. The second kappa shape index (κ2) is 9.30. The van der Waals surface area contributed by atoms with Crippen LogP contribution < -0.4 is 19.1 Å². The molecule has 4 rings (SSSR count). The van der Waals surface area contributed by atoms with E-state index in [2.05, 4.69) is 0 Å². The summed E-state index contributed by atoms with van der Waals surface area (Å²) >= 11 is 0. The van der Waals surface area contributed by atoms with E-state index in [1.807, 2.05) is 16.5 Å². The molecule has 0 aliphatic carbocycles. The molecule has 1 saturated heterocycles. The summed E-state index contributed by atoms with van der Waals surface area (Å²) in [6.07, 6.45) is 1.69. The molecule has 176 valence electrons. The molecule has 0 saturated carbocycles. The number of rotatable bonds is 9. The molecule has 0 bridgehead atoms. The van der Waals surface area contributed by atoms with E-state index in [9.17, 15) is 17.6 Å². The molecule has 1 aromatic heterocycles. The predicted octanol–water partition coefficient (Wildman–Crippen LogP) is 4.09. The van der Waals surface area contributed by atoms with Crippen molar-refractivity contribution in [1.82, 2.24) is 4.72 Å². The summed E-state index contributed by atoms with van der Waals surface area (Å²) in [6.45, 7) is 5.74. The molecule has 1 aliphatic heterocycles. The monoisotopic (exact) mass is 476 g/mol. The first-order valence-electron chi connectivity index (χ1n) is 10.8. The van der Waals surface area contributed by atoms with Gasteiger partial charge in [0.25, 0.3) is 10.0 Å². The first kappa shape index (κ1) is 22.9. The van der Waals surface area contributed by atoms with Crippen molar-refractivity contribution in [1.29, 1.82) is 0 Å².